The van der Waals surface area contributed by atoms with Crippen LogP contribution in [0.15, 0.2) is 91.0 Å². The molecule has 1 unspecified atom stereocenters. The van der Waals surface area contributed by atoms with E-state index in [1.165, 1.54) is 16.7 Å². The number of hydrogen-bond acceptors (Lipinski definition) is 0. The maximum atomic E-state index is 2.31. The molecule has 0 aliphatic heterocycles. The summed E-state index contributed by atoms with van der Waals surface area (Å²) in [5.41, 5.74) is 5.16. The average Bonchev–Trinajstić information content (AvgIpc) is 2.97. The quantitative estimate of drug-likeness (QED) is 0.305. The lowest BCUT2D eigenvalue weighted by atomic mass is 9.65. The van der Waals surface area contributed by atoms with Crippen molar-refractivity contribution in [3.05, 3.63) is 108 Å². The summed E-state index contributed by atoms with van der Waals surface area (Å²) in [5, 5.41) is 0. The standard InChI is InChI=1S/C13H20.C12H18.C9H12.3C2H6/c1-12(2,3)13(4,5)11-9-7-6-8-10-11;1-10(12(2,3)4)11-8-6-5-7-9-11;1-8(2)9-6-4-3-5-7-9;3*1-2/h6-10H,1-5H3;5-10H,1-4H3;3-8H,1-2H3;3*1-2H3. The Morgan fingerprint density at radius 2 is 0.725 bits per heavy atom. The largest absolute Gasteiger partial charge is 0.0683 e. The molecule has 0 saturated heterocycles. The van der Waals surface area contributed by atoms with Gasteiger partial charge < -0.3 is 0 Å². The summed E-state index contributed by atoms with van der Waals surface area (Å²) < 4.78 is 0. The fourth-order valence-corrected chi connectivity index (χ4v) is 3.37. The smallest absolute Gasteiger partial charge is 0.00551 e. The van der Waals surface area contributed by atoms with E-state index in [0.717, 1.165) is 0 Å². The van der Waals surface area contributed by atoms with E-state index in [9.17, 15) is 0 Å². The molecule has 0 amide bonds. The predicted molar refractivity (Wildman–Crippen MR) is 188 cm³/mol. The van der Waals surface area contributed by atoms with Crippen molar-refractivity contribution < 1.29 is 0 Å². The summed E-state index contributed by atoms with van der Waals surface area (Å²) in [4.78, 5) is 0. The van der Waals surface area contributed by atoms with Crippen LogP contribution in [0.4, 0.5) is 0 Å². The maximum absolute atomic E-state index is 2.31. The van der Waals surface area contributed by atoms with Gasteiger partial charge in [0.15, 0.2) is 0 Å². The molecule has 0 saturated carbocycles. The summed E-state index contributed by atoms with van der Waals surface area (Å²) in [6.07, 6.45) is 0. The Bertz CT molecular complexity index is 905. The van der Waals surface area contributed by atoms with Crippen LogP contribution in [0.5, 0.6) is 0 Å². The van der Waals surface area contributed by atoms with Crippen LogP contribution < -0.4 is 0 Å². The van der Waals surface area contributed by atoms with Gasteiger partial charge in [-0.2, -0.15) is 0 Å². The summed E-state index contributed by atoms with van der Waals surface area (Å²) in [6.45, 7) is 37.0. The second kappa shape index (κ2) is 22.4. The minimum Gasteiger partial charge on any atom is -0.0683 e. The highest BCUT2D eigenvalue weighted by molar-refractivity contribution is 5.25. The van der Waals surface area contributed by atoms with Crippen molar-refractivity contribution in [3.8, 4) is 0 Å². The van der Waals surface area contributed by atoms with Crippen molar-refractivity contribution in [2.24, 2.45) is 10.8 Å². The van der Waals surface area contributed by atoms with Gasteiger partial charge in [-0.15, -0.1) is 0 Å². The summed E-state index contributed by atoms with van der Waals surface area (Å²) in [5.74, 6) is 1.28. The third-order valence-electron chi connectivity index (χ3n) is 7.44. The third-order valence-corrected chi connectivity index (χ3v) is 7.44. The molecule has 3 rings (SSSR count). The summed E-state index contributed by atoms with van der Waals surface area (Å²) in [7, 11) is 0. The SMILES string of the molecule is CC.CC.CC.CC(C)(C)C(C)(C)c1ccccc1.CC(C)c1ccccc1.CC(c1ccccc1)C(C)(C)C. The lowest BCUT2D eigenvalue weighted by molar-refractivity contribution is 0.225. The van der Waals surface area contributed by atoms with E-state index in [0.29, 0.717) is 22.7 Å². The van der Waals surface area contributed by atoms with Gasteiger partial charge in [-0.3, -0.25) is 0 Å². The van der Waals surface area contributed by atoms with Gasteiger partial charge in [0.05, 0.1) is 0 Å². The lowest BCUT2D eigenvalue weighted by Gasteiger charge is -2.39. The van der Waals surface area contributed by atoms with Crippen LogP contribution in [-0.2, 0) is 5.41 Å². The van der Waals surface area contributed by atoms with Crippen molar-refractivity contribution in [1.82, 2.24) is 0 Å². The Kier molecular flexibility index (Phi) is 23.6. The molecule has 3 aromatic carbocycles. The zero-order valence-corrected chi connectivity index (χ0v) is 29.8. The lowest BCUT2D eigenvalue weighted by Crippen LogP contribution is -2.33. The van der Waals surface area contributed by atoms with Crippen molar-refractivity contribution in [1.29, 1.82) is 0 Å². The van der Waals surface area contributed by atoms with Gasteiger partial charge in [-0.05, 0) is 44.8 Å². The minimum absolute atomic E-state index is 0.230. The molecule has 40 heavy (non-hydrogen) atoms. The summed E-state index contributed by atoms with van der Waals surface area (Å²) in [6, 6.07) is 31.9. The first-order valence-electron chi connectivity index (χ1n) is 15.8. The van der Waals surface area contributed by atoms with Gasteiger partial charge in [-0.25, -0.2) is 0 Å². The van der Waals surface area contributed by atoms with Crippen LogP contribution in [0, 0.1) is 10.8 Å². The van der Waals surface area contributed by atoms with Crippen molar-refractivity contribution in [2.75, 3.05) is 0 Å². The van der Waals surface area contributed by atoms with Gasteiger partial charge in [0, 0.05) is 0 Å². The number of hydrogen-bond donors (Lipinski definition) is 0. The van der Waals surface area contributed by atoms with E-state index in [1.807, 2.05) is 47.6 Å². The Hall–Kier alpha value is -2.34. The average molecular weight is 549 g/mol. The molecule has 0 aromatic heterocycles. The van der Waals surface area contributed by atoms with Crippen LogP contribution in [0.2, 0.25) is 0 Å². The fraction of sp³-hybridized carbons (Fsp3) is 0.550. The molecule has 0 nitrogen and oxygen atoms in total. The molecule has 0 heterocycles. The Balaban J connectivity index is -0.000000473. The number of rotatable bonds is 3. The zero-order valence-electron chi connectivity index (χ0n) is 29.8. The van der Waals surface area contributed by atoms with Crippen molar-refractivity contribution in [3.63, 3.8) is 0 Å². The maximum Gasteiger partial charge on any atom is -0.00551 e. The molecule has 0 aliphatic carbocycles. The minimum atomic E-state index is 0.230. The van der Waals surface area contributed by atoms with Gasteiger partial charge in [-0.1, -0.05) is 209 Å². The molecule has 0 aliphatic rings. The van der Waals surface area contributed by atoms with Gasteiger partial charge in [0.1, 0.15) is 0 Å². The Morgan fingerprint density at radius 1 is 0.425 bits per heavy atom. The second-order valence-corrected chi connectivity index (χ2v) is 12.3. The molecule has 0 radical (unpaired) electrons. The van der Waals surface area contributed by atoms with Crippen molar-refractivity contribution in [2.45, 2.75) is 135 Å². The zero-order chi connectivity index (χ0) is 32.0. The highest BCUT2D eigenvalue weighted by Crippen LogP contribution is 2.40. The first kappa shape index (κ1) is 42.1. The molecule has 1 atom stereocenters. The van der Waals surface area contributed by atoms with Gasteiger partial charge >= 0.3 is 0 Å². The van der Waals surface area contributed by atoms with E-state index in [4.69, 9.17) is 0 Å². The first-order valence-corrected chi connectivity index (χ1v) is 15.8. The molecule has 228 valence electrons. The van der Waals surface area contributed by atoms with Crippen LogP contribution in [0.25, 0.3) is 0 Å². The van der Waals surface area contributed by atoms with Crippen molar-refractivity contribution >= 4 is 0 Å². The summed E-state index contributed by atoms with van der Waals surface area (Å²) >= 11 is 0. The third kappa shape index (κ3) is 16.7. The van der Waals surface area contributed by atoms with E-state index < -0.39 is 0 Å². The monoisotopic (exact) mass is 549 g/mol. The van der Waals surface area contributed by atoms with Crippen LogP contribution in [0.1, 0.15) is 146 Å². The first-order chi connectivity index (χ1) is 18.7. The van der Waals surface area contributed by atoms with Crippen LogP contribution in [0.3, 0.4) is 0 Å². The fourth-order valence-electron chi connectivity index (χ4n) is 3.37. The van der Waals surface area contributed by atoms with E-state index in [1.54, 1.807) is 0 Å². The van der Waals surface area contributed by atoms with E-state index in [2.05, 4.69) is 161 Å². The Morgan fingerprint density at radius 3 is 0.975 bits per heavy atom. The predicted octanol–water partition coefficient (Wildman–Crippen LogP) is 13.7. The van der Waals surface area contributed by atoms with Gasteiger partial charge in [0.25, 0.3) is 0 Å². The topological polar surface area (TPSA) is 0 Å². The molecule has 3 aromatic rings. The molecular weight excluding hydrogens is 480 g/mol. The molecule has 0 spiro atoms. The molecular formula is C40H68. The molecule has 0 fully saturated rings. The molecule has 0 heteroatoms. The molecule has 0 bridgehead atoms. The van der Waals surface area contributed by atoms with E-state index in [-0.39, 0.29) is 5.41 Å². The highest BCUT2D eigenvalue weighted by Gasteiger charge is 2.33. The Labute approximate surface area is 253 Å². The van der Waals surface area contributed by atoms with E-state index >= 15 is 0 Å². The highest BCUT2D eigenvalue weighted by atomic mass is 14.4. The number of benzene rings is 3. The van der Waals surface area contributed by atoms with Crippen LogP contribution >= 0.6 is 0 Å². The van der Waals surface area contributed by atoms with Gasteiger partial charge in [0.2, 0.25) is 0 Å². The normalized spacial score (nSPS) is 11.2. The van der Waals surface area contributed by atoms with Crippen LogP contribution in [-0.4, -0.2) is 0 Å². The second-order valence-electron chi connectivity index (χ2n) is 12.3. The molecule has 0 N–H and O–H groups in total.